The highest BCUT2D eigenvalue weighted by atomic mass is 19.3. The molecule has 0 atom stereocenters. The van der Waals surface area contributed by atoms with Gasteiger partial charge in [-0.3, -0.25) is 4.79 Å². The van der Waals surface area contributed by atoms with Gasteiger partial charge in [-0.15, -0.1) is 0 Å². The Balaban J connectivity index is 0.00000245. The molecule has 6 nitrogen and oxygen atoms in total. The van der Waals surface area contributed by atoms with Crippen molar-refractivity contribution in [1.29, 1.82) is 0 Å². The Morgan fingerprint density at radius 3 is 2.69 bits per heavy atom. The Bertz CT molecular complexity index is 1250. The number of nitrogens with one attached hydrogen (secondary N) is 1. The monoisotopic (exact) mass is 450 g/mol. The predicted octanol–water partition coefficient (Wildman–Crippen LogP) is 4.59. The molecule has 170 valence electrons. The first-order valence-corrected chi connectivity index (χ1v) is 9.78. The number of aryl methyl sites for hydroxylation is 1. The van der Waals surface area contributed by atoms with Gasteiger partial charge in [-0.05, 0) is 25.8 Å². The fourth-order valence-corrected chi connectivity index (χ4v) is 4.00. The van der Waals surface area contributed by atoms with Crippen LogP contribution < -0.4 is 15.6 Å². The van der Waals surface area contributed by atoms with E-state index in [1.807, 2.05) is 0 Å². The standard InChI is InChI=1S/C21H18F4N4O2.CH4/c1-11-27-15-7-16(30)29(20(5-6-20)19(22)23)9-13(15)18(28-11)26-8-12-3-2-4-14-17(12)31-10-21(14,24)25;/h2-4,7,9,19H,5-6,8,10H2,1H3,(H,26,27,28);1H4. The lowest BCUT2D eigenvalue weighted by Gasteiger charge is -2.19. The zero-order valence-corrected chi connectivity index (χ0v) is 16.5. The molecule has 1 fully saturated rings. The van der Waals surface area contributed by atoms with Gasteiger partial charge >= 0.3 is 5.92 Å². The summed E-state index contributed by atoms with van der Waals surface area (Å²) in [6.45, 7) is 1.04. The van der Waals surface area contributed by atoms with Gasteiger partial charge in [0, 0.05) is 24.4 Å². The molecule has 0 spiro atoms. The molecule has 1 aliphatic carbocycles. The van der Waals surface area contributed by atoms with E-state index in [0.29, 0.717) is 28.1 Å². The second-order valence-corrected chi connectivity index (χ2v) is 7.94. The van der Waals surface area contributed by atoms with E-state index < -0.39 is 30.1 Å². The molecule has 5 rings (SSSR count). The Hall–Kier alpha value is -3.17. The summed E-state index contributed by atoms with van der Waals surface area (Å²) < 4.78 is 61.3. The van der Waals surface area contributed by atoms with Gasteiger partial charge in [-0.1, -0.05) is 19.6 Å². The van der Waals surface area contributed by atoms with E-state index in [4.69, 9.17) is 4.74 Å². The van der Waals surface area contributed by atoms with Gasteiger partial charge in [0.05, 0.1) is 16.5 Å². The van der Waals surface area contributed by atoms with E-state index in [1.165, 1.54) is 24.4 Å². The van der Waals surface area contributed by atoms with E-state index in [1.54, 1.807) is 13.0 Å². The number of para-hydroxylation sites is 1. The predicted molar refractivity (Wildman–Crippen MR) is 112 cm³/mol. The first kappa shape index (κ1) is 22.0. The van der Waals surface area contributed by atoms with Crippen LogP contribution in [0.25, 0.3) is 10.9 Å². The number of ether oxygens (including phenoxy) is 1. The van der Waals surface area contributed by atoms with Crippen LogP contribution in [-0.4, -0.2) is 27.6 Å². The molecule has 0 radical (unpaired) electrons. The number of aromatic nitrogens is 3. The highest BCUT2D eigenvalue weighted by Gasteiger charge is 2.53. The van der Waals surface area contributed by atoms with Gasteiger partial charge in [0.15, 0.2) is 6.61 Å². The lowest BCUT2D eigenvalue weighted by atomic mass is 10.1. The molecular formula is C22H22F4N4O2. The number of rotatable bonds is 5. The fourth-order valence-electron chi connectivity index (χ4n) is 4.00. The average molecular weight is 450 g/mol. The van der Waals surface area contributed by atoms with Crippen LogP contribution in [0.2, 0.25) is 0 Å². The minimum absolute atomic E-state index is 0. The molecule has 0 amide bonds. The van der Waals surface area contributed by atoms with Gasteiger partial charge in [-0.25, -0.2) is 18.7 Å². The molecule has 0 bridgehead atoms. The zero-order valence-electron chi connectivity index (χ0n) is 16.5. The summed E-state index contributed by atoms with van der Waals surface area (Å²) in [5.74, 6) is -2.22. The molecule has 1 N–H and O–H groups in total. The van der Waals surface area contributed by atoms with Gasteiger partial charge < -0.3 is 14.6 Å². The van der Waals surface area contributed by atoms with Gasteiger partial charge in [0.1, 0.15) is 22.9 Å². The minimum Gasteiger partial charge on any atom is -0.486 e. The van der Waals surface area contributed by atoms with Crippen LogP contribution in [-0.2, 0) is 18.0 Å². The van der Waals surface area contributed by atoms with E-state index in [9.17, 15) is 22.4 Å². The van der Waals surface area contributed by atoms with Gasteiger partial charge in [0.25, 0.3) is 12.0 Å². The fraction of sp³-hybridized carbons (Fsp3) is 0.409. The summed E-state index contributed by atoms with van der Waals surface area (Å²) in [6.07, 6.45) is -0.879. The first-order chi connectivity index (χ1) is 14.7. The summed E-state index contributed by atoms with van der Waals surface area (Å²) >= 11 is 0. The molecule has 3 aromatic rings. The number of benzene rings is 1. The van der Waals surface area contributed by atoms with E-state index >= 15 is 0 Å². The van der Waals surface area contributed by atoms with E-state index in [2.05, 4.69) is 15.3 Å². The van der Waals surface area contributed by atoms with Crippen molar-refractivity contribution in [2.75, 3.05) is 11.9 Å². The molecule has 1 aromatic carbocycles. The van der Waals surface area contributed by atoms with Crippen molar-refractivity contribution in [3.8, 4) is 5.75 Å². The maximum atomic E-state index is 13.9. The van der Waals surface area contributed by atoms with Crippen molar-refractivity contribution in [3.05, 3.63) is 57.8 Å². The quantitative estimate of drug-likeness (QED) is 0.576. The molecular weight excluding hydrogens is 428 g/mol. The molecule has 10 heteroatoms. The van der Waals surface area contributed by atoms with E-state index in [-0.39, 0.29) is 38.1 Å². The third-order valence-corrected chi connectivity index (χ3v) is 5.83. The smallest absolute Gasteiger partial charge is 0.310 e. The van der Waals surface area contributed by atoms with Crippen molar-refractivity contribution >= 4 is 16.7 Å². The summed E-state index contributed by atoms with van der Waals surface area (Å²) in [7, 11) is 0. The van der Waals surface area contributed by atoms with Gasteiger partial charge in [0.2, 0.25) is 0 Å². The number of alkyl halides is 4. The average Bonchev–Trinajstić information content (AvgIpc) is 3.46. The molecule has 32 heavy (non-hydrogen) atoms. The van der Waals surface area contributed by atoms with Crippen LogP contribution in [0, 0.1) is 6.92 Å². The third-order valence-electron chi connectivity index (χ3n) is 5.83. The Morgan fingerprint density at radius 1 is 1.25 bits per heavy atom. The Morgan fingerprint density at radius 2 is 2.00 bits per heavy atom. The van der Waals surface area contributed by atoms with Crippen LogP contribution in [0.3, 0.4) is 0 Å². The summed E-state index contributed by atoms with van der Waals surface area (Å²) in [5.41, 5.74) is -1.38. The van der Waals surface area contributed by atoms with Crippen molar-refractivity contribution < 1.29 is 22.3 Å². The molecule has 2 aromatic heterocycles. The molecule has 1 aliphatic heterocycles. The van der Waals surface area contributed by atoms with Crippen LogP contribution >= 0.6 is 0 Å². The largest absolute Gasteiger partial charge is 0.486 e. The Kier molecular flexibility index (Phi) is 5.14. The van der Waals surface area contributed by atoms with Crippen LogP contribution in [0.1, 0.15) is 37.2 Å². The number of hydrogen-bond donors (Lipinski definition) is 1. The Labute approximate surface area is 181 Å². The molecule has 2 aliphatic rings. The summed E-state index contributed by atoms with van der Waals surface area (Å²) in [6, 6.07) is 5.74. The van der Waals surface area contributed by atoms with Crippen molar-refractivity contribution in [2.24, 2.45) is 0 Å². The number of pyridine rings is 1. The highest BCUT2D eigenvalue weighted by Crippen LogP contribution is 2.48. The van der Waals surface area contributed by atoms with E-state index in [0.717, 1.165) is 4.57 Å². The second-order valence-electron chi connectivity index (χ2n) is 7.94. The summed E-state index contributed by atoms with van der Waals surface area (Å²) in [5, 5.41) is 3.47. The first-order valence-electron chi connectivity index (χ1n) is 9.78. The lowest BCUT2D eigenvalue weighted by molar-refractivity contribution is -0.0214. The lowest BCUT2D eigenvalue weighted by Crippen LogP contribution is -2.35. The number of halogens is 4. The number of fused-ring (bicyclic) bond motifs is 2. The number of hydrogen-bond acceptors (Lipinski definition) is 5. The van der Waals surface area contributed by atoms with Crippen molar-refractivity contribution in [1.82, 2.24) is 14.5 Å². The molecule has 1 saturated carbocycles. The van der Waals surface area contributed by atoms with Crippen LogP contribution in [0.5, 0.6) is 5.75 Å². The third kappa shape index (κ3) is 3.37. The minimum atomic E-state index is -3.05. The number of anilines is 1. The molecule has 3 heterocycles. The normalized spacial score (nSPS) is 17.6. The second kappa shape index (κ2) is 7.46. The topological polar surface area (TPSA) is 69.0 Å². The molecule has 0 saturated heterocycles. The van der Waals surface area contributed by atoms with Crippen LogP contribution in [0.15, 0.2) is 35.3 Å². The maximum absolute atomic E-state index is 13.9. The van der Waals surface area contributed by atoms with Crippen LogP contribution in [0.4, 0.5) is 23.4 Å². The zero-order chi connectivity index (χ0) is 22.0. The van der Waals surface area contributed by atoms with Crippen molar-refractivity contribution in [3.63, 3.8) is 0 Å². The maximum Gasteiger partial charge on any atom is 0.310 e. The number of nitrogens with zero attached hydrogens (tertiary/aromatic N) is 3. The molecule has 0 unspecified atom stereocenters. The highest BCUT2D eigenvalue weighted by molar-refractivity contribution is 5.88. The summed E-state index contributed by atoms with van der Waals surface area (Å²) in [4.78, 5) is 21.1. The van der Waals surface area contributed by atoms with Crippen molar-refractivity contribution in [2.45, 2.75) is 51.6 Å². The SMILES string of the molecule is C.Cc1nc(NCc2cccc3c2OCC3(F)F)c2cn(C3(C(F)F)CC3)c(=O)cc2n1. The van der Waals surface area contributed by atoms with Gasteiger partial charge in [-0.2, -0.15) is 8.78 Å².